The molecule has 0 unspecified atom stereocenters. The summed E-state index contributed by atoms with van der Waals surface area (Å²) in [5.41, 5.74) is 0. The number of amides is 1. The molecule has 8 heteroatoms. The fraction of sp³-hybridized carbons (Fsp3) is 0.778. The van der Waals surface area contributed by atoms with Crippen molar-refractivity contribution in [1.29, 1.82) is 0 Å². The van der Waals surface area contributed by atoms with Gasteiger partial charge in [-0.05, 0) is 10.4 Å². The van der Waals surface area contributed by atoms with Gasteiger partial charge in [-0.3, -0.25) is 4.79 Å². The van der Waals surface area contributed by atoms with Crippen LogP contribution >= 0.6 is 0 Å². The predicted octanol–water partition coefficient (Wildman–Crippen LogP) is -1.92. The molecule has 1 amide bonds. The van der Waals surface area contributed by atoms with E-state index in [0.717, 1.165) is 26.2 Å². The number of carbonyl (C=O) groups is 1. The van der Waals surface area contributed by atoms with Gasteiger partial charge in [-0.15, -0.1) is 0 Å². The van der Waals surface area contributed by atoms with Crippen LogP contribution < -0.4 is 10.2 Å². The van der Waals surface area contributed by atoms with E-state index in [1.165, 1.54) is 0 Å². The Hall–Kier alpha value is -1.70. The number of aryl methyl sites for hydroxylation is 1. The molecular formula is C9H17N7O. The van der Waals surface area contributed by atoms with Gasteiger partial charge in [0.25, 0.3) is 0 Å². The number of piperazine rings is 1. The molecule has 2 heterocycles. The second kappa shape index (κ2) is 5.09. The number of nitrogens with zero attached hydrogens (tertiary/aromatic N) is 6. The highest BCUT2D eigenvalue weighted by atomic mass is 16.2. The van der Waals surface area contributed by atoms with Crippen LogP contribution in [0.3, 0.4) is 0 Å². The first kappa shape index (κ1) is 11.8. The van der Waals surface area contributed by atoms with Crippen LogP contribution in [0.25, 0.3) is 0 Å². The summed E-state index contributed by atoms with van der Waals surface area (Å²) in [6.07, 6.45) is 0. The van der Waals surface area contributed by atoms with Gasteiger partial charge in [0.1, 0.15) is 0 Å². The monoisotopic (exact) mass is 239 g/mol. The van der Waals surface area contributed by atoms with Crippen LogP contribution in [-0.4, -0.2) is 70.8 Å². The summed E-state index contributed by atoms with van der Waals surface area (Å²) in [7, 11) is 3.56. The lowest BCUT2D eigenvalue weighted by atomic mass is 10.3. The molecule has 0 spiro atoms. The molecule has 1 aliphatic rings. The smallest absolute Gasteiger partial charge is 0.245 e. The minimum absolute atomic E-state index is 0.108. The third kappa shape index (κ3) is 2.70. The zero-order chi connectivity index (χ0) is 12.3. The van der Waals surface area contributed by atoms with Crippen molar-refractivity contribution in [2.75, 3.05) is 44.7 Å². The third-order valence-electron chi connectivity index (χ3n) is 2.78. The van der Waals surface area contributed by atoms with Gasteiger partial charge in [0, 0.05) is 40.3 Å². The summed E-state index contributed by atoms with van der Waals surface area (Å²) in [6, 6.07) is 0. The number of aromatic nitrogens is 4. The number of anilines is 1. The summed E-state index contributed by atoms with van der Waals surface area (Å²) < 4.78 is 1.55. The average molecular weight is 239 g/mol. The molecule has 0 saturated carbocycles. The Labute approximate surface area is 99.6 Å². The Morgan fingerprint density at radius 2 is 2.18 bits per heavy atom. The number of hydrogen-bond acceptors (Lipinski definition) is 6. The van der Waals surface area contributed by atoms with E-state index in [9.17, 15) is 4.79 Å². The van der Waals surface area contributed by atoms with Gasteiger partial charge in [-0.2, -0.15) is 0 Å². The molecular weight excluding hydrogens is 222 g/mol. The number of hydrogen-bond donors (Lipinski definition) is 1. The van der Waals surface area contributed by atoms with Gasteiger partial charge in [-0.1, -0.05) is 5.10 Å². The number of rotatable bonds is 3. The molecule has 1 aromatic heterocycles. The second-order valence-electron chi connectivity index (χ2n) is 4.09. The van der Waals surface area contributed by atoms with Gasteiger partial charge in [0.2, 0.25) is 11.9 Å². The second-order valence-corrected chi connectivity index (χ2v) is 4.09. The van der Waals surface area contributed by atoms with E-state index in [1.54, 1.807) is 16.6 Å². The number of nitrogens with one attached hydrogen (secondary N) is 1. The minimum Gasteiger partial charge on any atom is -0.339 e. The van der Waals surface area contributed by atoms with Crippen molar-refractivity contribution >= 4 is 11.9 Å². The maximum Gasteiger partial charge on any atom is 0.245 e. The first-order valence-corrected chi connectivity index (χ1v) is 5.60. The van der Waals surface area contributed by atoms with Gasteiger partial charge in [0.15, 0.2) is 0 Å². The van der Waals surface area contributed by atoms with Gasteiger partial charge >= 0.3 is 0 Å². The zero-order valence-corrected chi connectivity index (χ0v) is 10.1. The molecule has 0 aromatic carbocycles. The third-order valence-corrected chi connectivity index (χ3v) is 2.78. The fourth-order valence-corrected chi connectivity index (χ4v) is 1.84. The van der Waals surface area contributed by atoms with Crippen LogP contribution in [0.4, 0.5) is 5.95 Å². The Kier molecular flexibility index (Phi) is 3.52. The molecule has 0 atom stereocenters. The van der Waals surface area contributed by atoms with Crippen molar-refractivity contribution in [1.82, 2.24) is 30.4 Å². The zero-order valence-electron chi connectivity index (χ0n) is 10.1. The van der Waals surface area contributed by atoms with E-state index in [-0.39, 0.29) is 5.91 Å². The summed E-state index contributed by atoms with van der Waals surface area (Å²) in [5.74, 6) is 0.700. The molecule has 1 saturated heterocycles. The van der Waals surface area contributed by atoms with Crippen LogP contribution in [-0.2, 0) is 11.8 Å². The Bertz CT molecular complexity index is 384. The van der Waals surface area contributed by atoms with Crippen LogP contribution in [0.1, 0.15) is 0 Å². The largest absolute Gasteiger partial charge is 0.339 e. The number of likely N-dealkylation sites (N-methyl/N-ethyl adjacent to an activating group) is 1. The molecule has 2 rings (SSSR count). The lowest BCUT2D eigenvalue weighted by Gasteiger charge is -2.29. The molecule has 94 valence electrons. The lowest BCUT2D eigenvalue weighted by molar-refractivity contribution is -0.130. The molecule has 1 N–H and O–H groups in total. The quantitative estimate of drug-likeness (QED) is 0.662. The van der Waals surface area contributed by atoms with Crippen molar-refractivity contribution in [2.24, 2.45) is 7.05 Å². The predicted molar refractivity (Wildman–Crippen MR) is 61.5 cm³/mol. The van der Waals surface area contributed by atoms with Gasteiger partial charge in [0.05, 0.1) is 6.54 Å². The Morgan fingerprint density at radius 1 is 1.47 bits per heavy atom. The highest BCUT2D eigenvalue weighted by Gasteiger charge is 2.19. The number of tetrazole rings is 1. The molecule has 1 fully saturated rings. The SMILES string of the molecule is CN(CC(=O)N1CCNCC1)c1nnnn1C. The van der Waals surface area contributed by atoms with E-state index in [4.69, 9.17) is 0 Å². The minimum atomic E-state index is 0.108. The van der Waals surface area contributed by atoms with Crippen molar-refractivity contribution < 1.29 is 4.79 Å². The van der Waals surface area contributed by atoms with E-state index >= 15 is 0 Å². The molecule has 0 bridgehead atoms. The fourth-order valence-electron chi connectivity index (χ4n) is 1.84. The summed E-state index contributed by atoms with van der Waals surface area (Å²) in [4.78, 5) is 15.6. The molecule has 8 nitrogen and oxygen atoms in total. The van der Waals surface area contributed by atoms with Crippen molar-refractivity contribution in [3.05, 3.63) is 0 Å². The average Bonchev–Trinajstić information content (AvgIpc) is 2.76. The lowest BCUT2D eigenvalue weighted by Crippen LogP contribution is -2.49. The highest BCUT2D eigenvalue weighted by molar-refractivity contribution is 5.80. The molecule has 0 radical (unpaired) electrons. The maximum absolute atomic E-state index is 12.0. The van der Waals surface area contributed by atoms with E-state index in [1.807, 2.05) is 11.9 Å². The van der Waals surface area contributed by atoms with Crippen molar-refractivity contribution in [2.45, 2.75) is 0 Å². The standard InChI is InChI=1S/C9H17N7O/c1-14(9-11-12-13-15(9)2)7-8(17)16-5-3-10-4-6-16/h10H,3-7H2,1-2H3. The topological polar surface area (TPSA) is 79.2 Å². The van der Waals surface area contributed by atoms with Crippen LogP contribution in [0, 0.1) is 0 Å². The van der Waals surface area contributed by atoms with Crippen LogP contribution in [0.2, 0.25) is 0 Å². The van der Waals surface area contributed by atoms with E-state index in [2.05, 4.69) is 20.8 Å². The highest BCUT2D eigenvalue weighted by Crippen LogP contribution is 2.04. The Morgan fingerprint density at radius 3 is 2.76 bits per heavy atom. The van der Waals surface area contributed by atoms with Crippen molar-refractivity contribution in [3.8, 4) is 0 Å². The van der Waals surface area contributed by atoms with E-state index < -0.39 is 0 Å². The summed E-state index contributed by atoms with van der Waals surface area (Å²) in [5, 5.41) is 14.4. The molecule has 0 aliphatic carbocycles. The number of carbonyl (C=O) groups excluding carboxylic acids is 1. The summed E-state index contributed by atoms with van der Waals surface area (Å²) in [6.45, 7) is 3.56. The molecule has 1 aromatic rings. The van der Waals surface area contributed by atoms with Crippen molar-refractivity contribution in [3.63, 3.8) is 0 Å². The first-order valence-electron chi connectivity index (χ1n) is 5.60. The summed E-state index contributed by atoms with van der Waals surface area (Å²) >= 11 is 0. The van der Waals surface area contributed by atoms with Crippen LogP contribution in [0.5, 0.6) is 0 Å². The molecule has 1 aliphatic heterocycles. The van der Waals surface area contributed by atoms with E-state index in [0.29, 0.717) is 12.5 Å². The van der Waals surface area contributed by atoms with Gasteiger partial charge < -0.3 is 15.1 Å². The normalized spacial score (nSPS) is 16.0. The first-order chi connectivity index (χ1) is 8.18. The Balaban J connectivity index is 1.92. The van der Waals surface area contributed by atoms with Gasteiger partial charge in [-0.25, -0.2) is 4.68 Å². The molecule has 17 heavy (non-hydrogen) atoms. The van der Waals surface area contributed by atoms with Crippen LogP contribution in [0.15, 0.2) is 0 Å². The maximum atomic E-state index is 12.0.